The largest absolute Gasteiger partial charge is 0.448 e. The lowest BCUT2D eigenvalue weighted by Crippen LogP contribution is -2.39. The van der Waals surface area contributed by atoms with Gasteiger partial charge in [-0.25, -0.2) is 4.79 Å². The molecule has 0 aliphatic rings. The molecule has 0 radical (unpaired) electrons. The highest BCUT2D eigenvalue weighted by Gasteiger charge is 2.52. The zero-order valence-electron chi connectivity index (χ0n) is 19.6. The van der Waals surface area contributed by atoms with Gasteiger partial charge in [0.1, 0.15) is 6.61 Å². The Hall–Kier alpha value is -0.550. The van der Waals surface area contributed by atoms with Gasteiger partial charge in [0, 0.05) is 32.8 Å². The van der Waals surface area contributed by atoms with Crippen LogP contribution >= 0.6 is 15.2 Å². The number of hydrogen-bond acceptors (Lipinski definition) is 11. The molecule has 3 N–H and O–H groups in total. The molecule has 0 atom stereocenters. The van der Waals surface area contributed by atoms with E-state index in [0.717, 1.165) is 0 Å². The van der Waals surface area contributed by atoms with Crippen molar-refractivity contribution in [1.29, 1.82) is 0 Å². The number of hydrogen-bond donors (Lipinski definition) is 3. The molecule has 0 bridgehead atoms. The number of carbonyl (C=O) groups is 1. The second kappa shape index (κ2) is 17.9. The number of ether oxygens (including phenoxy) is 1. The first kappa shape index (κ1) is 31.4. The van der Waals surface area contributed by atoms with Gasteiger partial charge in [-0.3, -0.25) is 19.3 Å². The maximum absolute atomic E-state index is 13.4. The van der Waals surface area contributed by atoms with Crippen molar-refractivity contribution in [1.82, 2.24) is 10.2 Å². The average molecular weight is 506 g/mol. The molecule has 0 aromatic carbocycles. The fraction of sp³-hybridized carbons (Fsp3) is 0.944. The van der Waals surface area contributed by atoms with E-state index < -0.39 is 26.8 Å². The molecule has 32 heavy (non-hydrogen) atoms. The fourth-order valence-corrected chi connectivity index (χ4v) is 7.61. The number of rotatable bonds is 20. The van der Waals surface area contributed by atoms with Gasteiger partial charge in [0.05, 0.1) is 26.4 Å². The third kappa shape index (κ3) is 11.5. The predicted octanol–water partition coefficient (Wildman–Crippen LogP) is 2.60. The summed E-state index contributed by atoms with van der Waals surface area (Å²) in [5.41, 5.74) is -1.71. The summed E-state index contributed by atoms with van der Waals surface area (Å²) >= 11 is 0. The van der Waals surface area contributed by atoms with E-state index >= 15 is 0 Å². The highest BCUT2D eigenvalue weighted by Crippen LogP contribution is 2.69. The molecule has 14 heteroatoms. The Morgan fingerprint density at radius 2 is 1.22 bits per heavy atom. The summed E-state index contributed by atoms with van der Waals surface area (Å²) in [4.78, 5) is 14.4. The lowest BCUT2D eigenvalue weighted by molar-refractivity contribution is 0.117. The van der Waals surface area contributed by atoms with Gasteiger partial charge < -0.3 is 33.0 Å². The van der Waals surface area contributed by atoms with E-state index in [1.807, 2.05) is 4.90 Å². The van der Waals surface area contributed by atoms with Gasteiger partial charge in [0.25, 0.3) is 0 Å². The molecular formula is C18H40N2O10P2. The first-order chi connectivity index (χ1) is 15.3. The van der Waals surface area contributed by atoms with E-state index in [0.29, 0.717) is 32.5 Å². The van der Waals surface area contributed by atoms with Crippen molar-refractivity contribution in [3.8, 4) is 0 Å². The predicted molar refractivity (Wildman–Crippen MR) is 120 cm³/mol. The molecule has 0 saturated heterocycles. The number of alkyl carbamates (subject to hydrolysis) is 1. The minimum atomic E-state index is -4.14. The first-order valence-electron chi connectivity index (χ1n) is 10.9. The van der Waals surface area contributed by atoms with Gasteiger partial charge in [-0.2, -0.15) is 0 Å². The van der Waals surface area contributed by atoms with Crippen molar-refractivity contribution in [3.05, 3.63) is 0 Å². The summed E-state index contributed by atoms with van der Waals surface area (Å²) in [6.45, 7) is 7.75. The third-order valence-corrected chi connectivity index (χ3v) is 9.61. The van der Waals surface area contributed by atoms with Crippen LogP contribution in [0.1, 0.15) is 40.5 Å². The van der Waals surface area contributed by atoms with Gasteiger partial charge in [-0.05, 0) is 40.5 Å². The number of amides is 1. The quantitative estimate of drug-likeness (QED) is 0.209. The summed E-state index contributed by atoms with van der Waals surface area (Å²) in [7, 11) is -8.27. The van der Waals surface area contributed by atoms with Crippen molar-refractivity contribution >= 4 is 21.3 Å². The average Bonchev–Trinajstić information content (AvgIpc) is 2.74. The smallest absolute Gasteiger partial charge is 0.408 e. The summed E-state index contributed by atoms with van der Waals surface area (Å²) in [6, 6.07) is 0. The molecule has 0 fully saturated rings. The zero-order valence-corrected chi connectivity index (χ0v) is 21.4. The van der Waals surface area contributed by atoms with Crippen LogP contribution in [0.4, 0.5) is 4.79 Å². The van der Waals surface area contributed by atoms with Crippen molar-refractivity contribution in [2.75, 3.05) is 65.9 Å². The van der Waals surface area contributed by atoms with Gasteiger partial charge in [0.15, 0.2) is 0 Å². The molecule has 0 aromatic heterocycles. The molecule has 12 nitrogen and oxygen atoms in total. The van der Waals surface area contributed by atoms with E-state index in [4.69, 9.17) is 33.0 Å². The molecular weight excluding hydrogens is 466 g/mol. The lowest BCUT2D eigenvalue weighted by atomic mass is 10.3. The molecule has 0 aromatic rings. The number of nitrogens with zero attached hydrogens (tertiary/aromatic N) is 1. The lowest BCUT2D eigenvalue weighted by Gasteiger charge is -2.31. The fourth-order valence-electron chi connectivity index (χ4n) is 2.75. The monoisotopic (exact) mass is 506 g/mol. The van der Waals surface area contributed by atoms with Crippen LogP contribution in [0.3, 0.4) is 0 Å². The third-order valence-electron chi connectivity index (χ3n) is 3.99. The van der Waals surface area contributed by atoms with E-state index in [2.05, 4.69) is 5.32 Å². The zero-order chi connectivity index (χ0) is 24.5. The minimum Gasteiger partial charge on any atom is -0.448 e. The van der Waals surface area contributed by atoms with Crippen molar-refractivity contribution in [2.24, 2.45) is 0 Å². The Morgan fingerprint density at radius 1 is 0.812 bits per heavy atom. The van der Waals surface area contributed by atoms with Crippen molar-refractivity contribution in [2.45, 2.75) is 46.1 Å². The molecule has 0 rings (SSSR count). The van der Waals surface area contributed by atoms with Crippen LogP contribution in [0.15, 0.2) is 0 Å². The second-order valence-corrected chi connectivity index (χ2v) is 11.0. The molecule has 192 valence electrons. The van der Waals surface area contributed by atoms with E-state index in [1.54, 1.807) is 27.7 Å². The maximum Gasteiger partial charge on any atom is 0.408 e. The molecule has 0 unspecified atom stereocenters. The Bertz CT molecular complexity index is 538. The van der Waals surface area contributed by atoms with E-state index in [1.165, 1.54) is 0 Å². The topological polar surface area (TPSA) is 153 Å². The molecule has 0 saturated carbocycles. The van der Waals surface area contributed by atoms with Crippen LogP contribution in [0.2, 0.25) is 0 Å². The van der Waals surface area contributed by atoms with Gasteiger partial charge >= 0.3 is 21.3 Å². The van der Waals surface area contributed by atoms with Crippen LogP contribution in [0.5, 0.6) is 0 Å². The Labute approximate surface area is 190 Å². The van der Waals surface area contributed by atoms with Crippen molar-refractivity contribution < 1.29 is 47.0 Å². The number of nitrogens with one attached hydrogen (secondary N) is 1. The molecule has 0 aliphatic carbocycles. The molecule has 0 heterocycles. The SMILES string of the molecule is CCOP(=O)(OCC)C(NC(=O)OCCN(CCCO)CCCO)P(=O)(OCC)OCC. The van der Waals surface area contributed by atoms with Crippen LogP contribution in [0, 0.1) is 0 Å². The van der Waals surface area contributed by atoms with E-state index in [9.17, 15) is 13.9 Å². The second-order valence-electron chi connectivity index (χ2n) is 6.40. The first-order valence-corrected chi connectivity index (χ1v) is 14.1. The van der Waals surface area contributed by atoms with Crippen LogP contribution < -0.4 is 5.32 Å². The van der Waals surface area contributed by atoms with Crippen molar-refractivity contribution in [3.63, 3.8) is 0 Å². The summed E-state index contributed by atoms with van der Waals surface area (Å²) in [6.07, 6.45) is 0.0909. The molecule has 0 aliphatic heterocycles. The highest BCUT2D eigenvalue weighted by atomic mass is 31.2. The Morgan fingerprint density at radius 3 is 1.56 bits per heavy atom. The number of aliphatic hydroxyl groups is 2. The minimum absolute atomic E-state index is 0.0204. The van der Waals surface area contributed by atoms with E-state index in [-0.39, 0.29) is 46.2 Å². The molecule has 1 amide bonds. The van der Waals surface area contributed by atoms with Gasteiger partial charge in [0.2, 0.25) is 5.52 Å². The van der Waals surface area contributed by atoms with Gasteiger partial charge in [-0.15, -0.1) is 0 Å². The summed E-state index contributed by atoms with van der Waals surface area (Å²) in [5, 5.41) is 20.3. The standard InChI is InChI=1S/C18H40N2O10P2/c1-5-27-31(24,28-6-2)18(32(25,29-7-3)30-8-4)19-17(23)26-16-13-20(11-9-14-21)12-10-15-22/h18,21-22H,5-16H2,1-4H3,(H,19,23). The number of carbonyl (C=O) groups excluding carboxylic acids is 1. The molecule has 0 spiro atoms. The summed E-state index contributed by atoms with van der Waals surface area (Å²) < 4.78 is 53.0. The number of aliphatic hydroxyl groups excluding tert-OH is 2. The Balaban J connectivity index is 5.38. The normalized spacial score (nSPS) is 12.5. The van der Waals surface area contributed by atoms with Gasteiger partial charge in [-0.1, -0.05) is 0 Å². The Kier molecular flexibility index (Phi) is 17.6. The maximum atomic E-state index is 13.4. The highest BCUT2D eigenvalue weighted by molar-refractivity contribution is 7.72. The summed E-state index contributed by atoms with van der Waals surface area (Å²) in [5.74, 6) is 0. The van der Waals surface area contributed by atoms with Crippen LogP contribution in [0.25, 0.3) is 0 Å². The van der Waals surface area contributed by atoms with Crippen LogP contribution in [-0.2, 0) is 32.0 Å². The van der Waals surface area contributed by atoms with Crippen LogP contribution in [-0.4, -0.2) is 92.6 Å².